The number of hydrogen-bond donors (Lipinski definition) is 2. The molecule has 5 nitrogen and oxygen atoms in total. The summed E-state index contributed by atoms with van der Waals surface area (Å²) >= 11 is 0. The number of nitrogens with zero attached hydrogens (tertiary/aromatic N) is 1. The number of benzene rings is 1. The van der Waals surface area contributed by atoms with Crippen molar-refractivity contribution < 1.29 is 13.9 Å². The van der Waals surface area contributed by atoms with Crippen molar-refractivity contribution in [2.75, 3.05) is 47.1 Å². The van der Waals surface area contributed by atoms with Gasteiger partial charge >= 0.3 is 0 Å². The van der Waals surface area contributed by atoms with Gasteiger partial charge in [0, 0.05) is 33.9 Å². The molecule has 0 heterocycles. The molecule has 1 aromatic carbocycles. The fourth-order valence-corrected chi connectivity index (χ4v) is 2.04. The van der Waals surface area contributed by atoms with Gasteiger partial charge in [-0.3, -0.25) is 4.99 Å². The van der Waals surface area contributed by atoms with Crippen LogP contribution < -0.4 is 10.6 Å². The van der Waals surface area contributed by atoms with Gasteiger partial charge in [-0.25, -0.2) is 4.39 Å². The molecule has 0 radical (unpaired) electrons. The lowest BCUT2D eigenvalue weighted by Crippen LogP contribution is -2.38. The van der Waals surface area contributed by atoms with Crippen LogP contribution in [0.5, 0.6) is 0 Å². The normalized spacial score (nSPS) is 11.0. The third-order valence-corrected chi connectivity index (χ3v) is 3.24. The molecule has 0 aliphatic carbocycles. The van der Waals surface area contributed by atoms with E-state index < -0.39 is 0 Å². The van der Waals surface area contributed by atoms with Crippen LogP contribution in [0.3, 0.4) is 0 Å². The molecule has 0 aromatic heterocycles. The number of halogens is 2. The molecule has 0 unspecified atom stereocenters. The maximum Gasteiger partial charge on any atom is 0.190 e. The summed E-state index contributed by atoms with van der Waals surface area (Å²) in [7, 11) is 3.41. The Kier molecular flexibility index (Phi) is 15.0. The Bertz CT molecular complexity index is 461. The van der Waals surface area contributed by atoms with E-state index in [-0.39, 0.29) is 29.8 Å². The largest absolute Gasteiger partial charge is 0.382 e. The van der Waals surface area contributed by atoms with Crippen molar-refractivity contribution in [1.29, 1.82) is 0 Å². The van der Waals surface area contributed by atoms with Crippen LogP contribution in [-0.2, 0) is 15.9 Å². The van der Waals surface area contributed by atoms with Gasteiger partial charge in [0.15, 0.2) is 5.96 Å². The fourth-order valence-electron chi connectivity index (χ4n) is 2.04. The molecule has 0 amide bonds. The molecule has 138 valence electrons. The average Bonchev–Trinajstić information content (AvgIpc) is 2.56. The SMILES string of the molecule is CN=C(NCCCOCCOC)NCCCc1cccc(F)c1.I. The molecule has 0 aliphatic rings. The van der Waals surface area contributed by atoms with Gasteiger partial charge in [-0.05, 0) is 37.0 Å². The smallest absolute Gasteiger partial charge is 0.190 e. The number of methoxy groups -OCH3 is 1. The zero-order chi connectivity index (χ0) is 16.8. The van der Waals surface area contributed by atoms with Crippen molar-refractivity contribution in [3.8, 4) is 0 Å². The summed E-state index contributed by atoms with van der Waals surface area (Å²) < 4.78 is 23.4. The number of ether oxygens (including phenoxy) is 2. The van der Waals surface area contributed by atoms with Crippen LogP contribution in [0.4, 0.5) is 4.39 Å². The first-order valence-corrected chi connectivity index (χ1v) is 8.02. The van der Waals surface area contributed by atoms with Crippen molar-refractivity contribution in [2.24, 2.45) is 4.99 Å². The van der Waals surface area contributed by atoms with Crippen molar-refractivity contribution in [2.45, 2.75) is 19.3 Å². The van der Waals surface area contributed by atoms with Gasteiger partial charge in [0.1, 0.15) is 5.82 Å². The van der Waals surface area contributed by atoms with E-state index in [1.807, 2.05) is 6.07 Å². The predicted octanol–water partition coefficient (Wildman–Crippen LogP) is 2.59. The number of aliphatic imine (C=N–C) groups is 1. The van der Waals surface area contributed by atoms with Crippen LogP contribution in [0.2, 0.25) is 0 Å². The molecule has 0 spiro atoms. The van der Waals surface area contributed by atoms with Crippen LogP contribution >= 0.6 is 24.0 Å². The molecule has 1 rings (SSSR count). The third-order valence-electron chi connectivity index (χ3n) is 3.24. The highest BCUT2D eigenvalue weighted by Gasteiger charge is 1.99. The Hall–Kier alpha value is -0.930. The first-order valence-electron chi connectivity index (χ1n) is 8.02. The predicted molar refractivity (Wildman–Crippen MR) is 107 cm³/mol. The highest BCUT2D eigenvalue weighted by Crippen LogP contribution is 2.05. The first kappa shape index (κ1) is 23.1. The van der Waals surface area contributed by atoms with Crippen LogP contribution in [0.1, 0.15) is 18.4 Å². The van der Waals surface area contributed by atoms with Crippen LogP contribution in [-0.4, -0.2) is 53.0 Å². The molecule has 0 saturated heterocycles. The lowest BCUT2D eigenvalue weighted by Gasteiger charge is -2.12. The summed E-state index contributed by atoms with van der Waals surface area (Å²) in [5.41, 5.74) is 1.02. The van der Waals surface area contributed by atoms with E-state index in [9.17, 15) is 4.39 Å². The van der Waals surface area contributed by atoms with Gasteiger partial charge < -0.3 is 20.1 Å². The molecule has 0 bridgehead atoms. The maximum absolute atomic E-state index is 13.1. The van der Waals surface area contributed by atoms with Crippen LogP contribution in [0.15, 0.2) is 29.3 Å². The maximum atomic E-state index is 13.1. The van der Waals surface area contributed by atoms with E-state index in [1.54, 1.807) is 26.3 Å². The minimum absolute atomic E-state index is 0. The van der Waals surface area contributed by atoms with Crippen molar-refractivity contribution in [3.05, 3.63) is 35.6 Å². The average molecular weight is 453 g/mol. The van der Waals surface area contributed by atoms with Crippen LogP contribution in [0.25, 0.3) is 0 Å². The van der Waals surface area contributed by atoms with E-state index in [0.717, 1.165) is 43.9 Å². The minimum Gasteiger partial charge on any atom is -0.382 e. The Morgan fingerprint density at radius 1 is 1.12 bits per heavy atom. The van der Waals surface area contributed by atoms with Crippen molar-refractivity contribution >= 4 is 29.9 Å². The molecular weight excluding hydrogens is 424 g/mol. The standard InChI is InChI=1S/C17H28FN3O2.HI/c1-19-17(21-10-5-11-23-13-12-22-2)20-9-4-7-15-6-3-8-16(18)14-15;/h3,6,8,14H,4-5,7,9-13H2,1-2H3,(H2,19,20,21);1H. The topological polar surface area (TPSA) is 54.9 Å². The monoisotopic (exact) mass is 453 g/mol. The quantitative estimate of drug-likeness (QED) is 0.234. The molecular formula is C17H29FIN3O2. The highest BCUT2D eigenvalue weighted by atomic mass is 127. The van der Waals surface area contributed by atoms with E-state index in [4.69, 9.17) is 9.47 Å². The lowest BCUT2D eigenvalue weighted by molar-refractivity contribution is 0.0698. The van der Waals surface area contributed by atoms with E-state index in [2.05, 4.69) is 15.6 Å². The van der Waals surface area contributed by atoms with E-state index in [0.29, 0.717) is 19.8 Å². The zero-order valence-corrected chi connectivity index (χ0v) is 16.8. The van der Waals surface area contributed by atoms with Crippen molar-refractivity contribution in [3.63, 3.8) is 0 Å². The summed E-state index contributed by atoms with van der Waals surface area (Å²) in [6.07, 6.45) is 2.67. The second-order valence-electron chi connectivity index (χ2n) is 5.12. The first-order chi connectivity index (χ1) is 11.3. The number of nitrogens with one attached hydrogen (secondary N) is 2. The summed E-state index contributed by atoms with van der Waals surface area (Å²) in [5, 5.41) is 6.49. The number of rotatable bonds is 11. The Balaban J connectivity index is 0.00000529. The molecule has 0 fully saturated rings. The summed E-state index contributed by atoms with van der Waals surface area (Å²) in [5.74, 6) is 0.599. The fraction of sp³-hybridized carbons (Fsp3) is 0.588. The summed E-state index contributed by atoms with van der Waals surface area (Å²) in [4.78, 5) is 4.17. The molecule has 0 aliphatic heterocycles. The van der Waals surface area contributed by atoms with Crippen molar-refractivity contribution in [1.82, 2.24) is 10.6 Å². The van der Waals surface area contributed by atoms with Gasteiger partial charge in [-0.15, -0.1) is 24.0 Å². The van der Waals surface area contributed by atoms with Gasteiger partial charge in [-0.2, -0.15) is 0 Å². The van der Waals surface area contributed by atoms with Gasteiger partial charge in [0.05, 0.1) is 13.2 Å². The number of aryl methyl sites for hydroxylation is 1. The summed E-state index contributed by atoms with van der Waals surface area (Å²) in [6.45, 7) is 3.55. The molecule has 24 heavy (non-hydrogen) atoms. The Labute approximate surface area is 161 Å². The molecule has 0 atom stereocenters. The second-order valence-corrected chi connectivity index (χ2v) is 5.12. The molecule has 0 saturated carbocycles. The van der Waals surface area contributed by atoms with Gasteiger partial charge in [0.25, 0.3) is 0 Å². The van der Waals surface area contributed by atoms with E-state index in [1.165, 1.54) is 6.07 Å². The number of hydrogen-bond acceptors (Lipinski definition) is 3. The Morgan fingerprint density at radius 3 is 2.54 bits per heavy atom. The van der Waals surface area contributed by atoms with Gasteiger partial charge in [-0.1, -0.05) is 12.1 Å². The lowest BCUT2D eigenvalue weighted by atomic mass is 10.1. The van der Waals surface area contributed by atoms with Crippen LogP contribution in [0, 0.1) is 5.82 Å². The van der Waals surface area contributed by atoms with Gasteiger partial charge in [0.2, 0.25) is 0 Å². The number of guanidine groups is 1. The minimum atomic E-state index is -0.180. The van der Waals surface area contributed by atoms with E-state index >= 15 is 0 Å². The molecule has 1 aromatic rings. The molecule has 2 N–H and O–H groups in total. The third kappa shape index (κ3) is 11.6. The summed E-state index contributed by atoms with van der Waals surface area (Å²) in [6, 6.07) is 6.73. The zero-order valence-electron chi connectivity index (χ0n) is 14.5. The molecule has 7 heteroatoms. The highest BCUT2D eigenvalue weighted by molar-refractivity contribution is 14.0. The second kappa shape index (κ2) is 15.6. The Morgan fingerprint density at radius 2 is 1.88 bits per heavy atom.